The first-order chi connectivity index (χ1) is 15.8. The highest BCUT2D eigenvalue weighted by molar-refractivity contribution is 6.30. The molecule has 2 bridgehead atoms. The summed E-state index contributed by atoms with van der Waals surface area (Å²) in [5, 5.41) is 15.0. The zero-order valence-electron chi connectivity index (χ0n) is 18.0. The molecule has 0 saturated heterocycles. The molecule has 2 heterocycles. The smallest absolute Gasteiger partial charge is 0.233 e. The molecule has 3 fully saturated rings. The third kappa shape index (κ3) is 3.28. The van der Waals surface area contributed by atoms with E-state index in [0.717, 1.165) is 19.3 Å². The lowest BCUT2D eigenvalue weighted by atomic mass is 9.34. The third-order valence-corrected chi connectivity index (χ3v) is 7.63. The number of rotatable bonds is 5. The minimum atomic E-state index is -0.774. The minimum Gasteiger partial charge on any atom is -0.482 e. The number of benzene rings is 2. The molecule has 3 aromatic rings. The van der Waals surface area contributed by atoms with Crippen molar-refractivity contribution in [1.29, 1.82) is 0 Å². The maximum absolute atomic E-state index is 13.9. The van der Waals surface area contributed by atoms with E-state index in [4.69, 9.17) is 20.9 Å². The number of hydrogen-bond acceptors (Lipinski definition) is 6. The number of aliphatic hydroxyl groups is 1. The Morgan fingerprint density at radius 3 is 2.79 bits per heavy atom. The van der Waals surface area contributed by atoms with E-state index in [-0.39, 0.29) is 28.9 Å². The lowest BCUT2D eigenvalue weighted by Crippen LogP contribution is -2.65. The number of Topliss-reactive ketones (excluding diaryl/α,β-unsaturated/α-hetero) is 1. The monoisotopic (exact) mass is 468 g/mol. The summed E-state index contributed by atoms with van der Waals surface area (Å²) in [6, 6.07) is 9.95. The maximum Gasteiger partial charge on any atom is 0.233 e. The Hall–Kier alpha value is -2.77. The number of halogens is 2. The largest absolute Gasteiger partial charge is 0.482 e. The van der Waals surface area contributed by atoms with Gasteiger partial charge in [0.25, 0.3) is 0 Å². The molecule has 170 valence electrons. The normalized spacial score (nSPS) is 29.5. The van der Waals surface area contributed by atoms with Crippen LogP contribution >= 0.6 is 11.6 Å². The lowest BCUT2D eigenvalue weighted by Gasteiger charge is -2.68. The fourth-order valence-corrected chi connectivity index (χ4v) is 5.98. The lowest BCUT2D eigenvalue weighted by molar-refractivity contribution is -0.172. The van der Waals surface area contributed by atoms with Gasteiger partial charge in [0.15, 0.2) is 11.9 Å². The molecule has 4 aliphatic rings. The van der Waals surface area contributed by atoms with E-state index in [1.165, 1.54) is 6.07 Å². The molecule has 7 rings (SSSR count). The highest BCUT2D eigenvalue weighted by Crippen LogP contribution is 2.75. The van der Waals surface area contributed by atoms with Crippen molar-refractivity contribution in [2.45, 2.75) is 56.7 Å². The number of aryl methyl sites for hydroxylation is 1. The quantitative estimate of drug-likeness (QED) is 0.560. The van der Waals surface area contributed by atoms with E-state index >= 15 is 0 Å². The molecular formula is C25H22ClFN2O4. The molecule has 3 aliphatic carbocycles. The molecule has 6 nitrogen and oxygen atoms in total. The van der Waals surface area contributed by atoms with Crippen LogP contribution in [-0.2, 0) is 10.2 Å². The van der Waals surface area contributed by atoms with Crippen molar-refractivity contribution >= 4 is 17.4 Å². The van der Waals surface area contributed by atoms with Gasteiger partial charge in [-0.25, -0.2) is 4.39 Å². The Labute approximate surface area is 194 Å². The predicted molar refractivity (Wildman–Crippen MR) is 117 cm³/mol. The molecule has 2 aromatic carbocycles. The summed E-state index contributed by atoms with van der Waals surface area (Å²) < 4.78 is 25.3. The number of fused-ring (bicyclic) bond motifs is 1. The van der Waals surface area contributed by atoms with Gasteiger partial charge < -0.3 is 14.4 Å². The standard InChI is InChI=1S/C25H22ClFN2O4/c1-13-2-3-14(6-17(13)27)22-28-23(33-29-22)25-10-24(11-25,12-25)9-19(31)21-8-18(30)16-7-15(26)4-5-20(16)32-21/h2-7,18,21,30H,8-12H2,1H3/t18-,21+,24?,25?/m1/s1. The van der Waals surface area contributed by atoms with Crippen molar-refractivity contribution in [3.05, 3.63) is 64.3 Å². The summed E-state index contributed by atoms with van der Waals surface area (Å²) >= 11 is 6.01. The Bertz CT molecular complexity index is 1270. The summed E-state index contributed by atoms with van der Waals surface area (Å²) in [5.41, 5.74) is 1.51. The van der Waals surface area contributed by atoms with E-state index in [0.29, 0.717) is 45.6 Å². The van der Waals surface area contributed by atoms with Crippen LogP contribution in [-0.4, -0.2) is 27.1 Å². The maximum atomic E-state index is 13.9. The van der Waals surface area contributed by atoms with Gasteiger partial charge in [-0.15, -0.1) is 0 Å². The average molecular weight is 469 g/mol. The van der Waals surface area contributed by atoms with Gasteiger partial charge in [-0.1, -0.05) is 28.9 Å². The van der Waals surface area contributed by atoms with E-state index in [1.54, 1.807) is 37.3 Å². The van der Waals surface area contributed by atoms with E-state index in [9.17, 15) is 14.3 Å². The number of carbonyl (C=O) groups is 1. The molecule has 1 N–H and O–H groups in total. The minimum absolute atomic E-state index is 0.00398. The van der Waals surface area contributed by atoms with Crippen molar-refractivity contribution in [2.24, 2.45) is 5.41 Å². The van der Waals surface area contributed by atoms with Crippen molar-refractivity contribution < 1.29 is 23.6 Å². The highest BCUT2D eigenvalue weighted by Gasteiger charge is 2.71. The van der Waals surface area contributed by atoms with Gasteiger partial charge in [0.1, 0.15) is 11.6 Å². The van der Waals surface area contributed by atoms with Crippen LogP contribution in [0.3, 0.4) is 0 Å². The number of carbonyl (C=O) groups excluding carboxylic acids is 1. The number of aliphatic hydroxyl groups excluding tert-OH is 1. The summed E-state index contributed by atoms with van der Waals surface area (Å²) in [4.78, 5) is 17.5. The van der Waals surface area contributed by atoms with Crippen LogP contribution in [0.5, 0.6) is 5.75 Å². The molecule has 3 saturated carbocycles. The van der Waals surface area contributed by atoms with Crippen molar-refractivity contribution in [3.8, 4) is 17.1 Å². The number of aromatic nitrogens is 2. The van der Waals surface area contributed by atoms with Crippen LogP contribution in [0.15, 0.2) is 40.9 Å². The topological polar surface area (TPSA) is 85.5 Å². The molecular weight excluding hydrogens is 447 g/mol. The number of ketones is 1. The van der Waals surface area contributed by atoms with Gasteiger partial charge in [0, 0.05) is 29.0 Å². The first-order valence-electron chi connectivity index (χ1n) is 11.0. The van der Waals surface area contributed by atoms with Crippen molar-refractivity contribution in [1.82, 2.24) is 10.1 Å². The Morgan fingerprint density at radius 2 is 2.03 bits per heavy atom. The molecule has 0 radical (unpaired) electrons. The van der Waals surface area contributed by atoms with Crippen LogP contribution < -0.4 is 4.74 Å². The molecule has 33 heavy (non-hydrogen) atoms. The second-order valence-corrected chi connectivity index (χ2v) is 10.3. The van der Waals surface area contributed by atoms with Crippen LogP contribution in [0.1, 0.15) is 55.2 Å². The number of ether oxygens (including phenoxy) is 1. The number of hydrogen-bond donors (Lipinski definition) is 1. The molecule has 2 atom stereocenters. The van der Waals surface area contributed by atoms with Gasteiger partial charge in [-0.2, -0.15) is 4.98 Å². The molecule has 1 aromatic heterocycles. The van der Waals surface area contributed by atoms with E-state index in [1.807, 2.05) is 0 Å². The first-order valence-corrected chi connectivity index (χ1v) is 11.4. The van der Waals surface area contributed by atoms with Gasteiger partial charge >= 0.3 is 0 Å². The molecule has 1 aliphatic heterocycles. The van der Waals surface area contributed by atoms with Gasteiger partial charge in [-0.3, -0.25) is 4.79 Å². The second kappa shape index (κ2) is 7.11. The van der Waals surface area contributed by atoms with Crippen LogP contribution in [0.2, 0.25) is 5.02 Å². The fraction of sp³-hybridized carbons (Fsp3) is 0.400. The summed E-state index contributed by atoms with van der Waals surface area (Å²) in [6.07, 6.45) is 1.60. The van der Waals surface area contributed by atoms with Crippen LogP contribution in [0.25, 0.3) is 11.4 Å². The highest BCUT2D eigenvalue weighted by atomic mass is 35.5. The average Bonchev–Trinajstić information content (AvgIpc) is 3.21. The second-order valence-electron chi connectivity index (χ2n) is 9.88. The number of nitrogens with zero attached hydrogens (tertiary/aromatic N) is 2. The van der Waals surface area contributed by atoms with E-state index < -0.39 is 12.2 Å². The molecule has 0 spiro atoms. The van der Waals surface area contributed by atoms with E-state index in [2.05, 4.69) is 10.1 Å². The fourth-order valence-electron chi connectivity index (χ4n) is 5.80. The van der Waals surface area contributed by atoms with Crippen LogP contribution in [0, 0.1) is 18.2 Å². The predicted octanol–water partition coefficient (Wildman–Crippen LogP) is 5.10. The van der Waals surface area contributed by atoms with Crippen LogP contribution in [0.4, 0.5) is 4.39 Å². The molecule has 8 heteroatoms. The summed E-state index contributed by atoms with van der Waals surface area (Å²) in [7, 11) is 0. The Kier molecular flexibility index (Phi) is 4.48. The zero-order chi connectivity index (χ0) is 23.0. The molecule has 0 unspecified atom stereocenters. The van der Waals surface area contributed by atoms with Gasteiger partial charge in [-0.05, 0) is 61.4 Å². The zero-order valence-corrected chi connectivity index (χ0v) is 18.7. The summed E-state index contributed by atoms with van der Waals surface area (Å²) in [6.45, 7) is 1.71. The van der Waals surface area contributed by atoms with Crippen molar-refractivity contribution in [3.63, 3.8) is 0 Å². The SMILES string of the molecule is Cc1ccc(-c2noc(C34CC(CC(=O)[C@@H]5C[C@@H](O)c6cc(Cl)ccc6O5)(C3)C4)n2)cc1F. The third-order valence-electron chi connectivity index (χ3n) is 7.40. The van der Waals surface area contributed by atoms with Gasteiger partial charge in [0.2, 0.25) is 11.7 Å². The molecule has 0 amide bonds. The van der Waals surface area contributed by atoms with Gasteiger partial charge in [0.05, 0.1) is 11.5 Å². The Balaban J connectivity index is 1.11. The van der Waals surface area contributed by atoms with Crippen molar-refractivity contribution in [2.75, 3.05) is 0 Å². The Morgan fingerprint density at radius 1 is 1.24 bits per heavy atom. The summed E-state index contributed by atoms with van der Waals surface area (Å²) in [5.74, 6) is 1.15. The first kappa shape index (κ1) is 20.8.